The molecule has 0 N–H and O–H groups in total. The van der Waals surface area contributed by atoms with E-state index in [-0.39, 0.29) is 17.7 Å². The van der Waals surface area contributed by atoms with Crippen LogP contribution in [0.1, 0.15) is 35.7 Å². The van der Waals surface area contributed by atoms with E-state index in [1.807, 2.05) is 0 Å². The van der Waals surface area contributed by atoms with Crippen LogP contribution in [-0.2, 0) is 4.74 Å². The number of hydrogen-bond donors (Lipinski definition) is 0. The van der Waals surface area contributed by atoms with Crippen molar-refractivity contribution in [3.63, 3.8) is 0 Å². The molecule has 1 aliphatic rings. The number of Topliss-reactive ketones (excluding diaryl/α,β-unsaturated/α-hetero) is 1. The number of anilines is 1. The van der Waals surface area contributed by atoms with E-state index in [0.29, 0.717) is 11.1 Å². The molecule has 0 spiro atoms. The van der Waals surface area contributed by atoms with Crippen LogP contribution in [0.5, 0.6) is 0 Å². The lowest BCUT2D eigenvalue weighted by atomic mass is 10.0. The topological polar surface area (TPSA) is 29.5 Å². The number of ketones is 1. The Bertz CT molecular complexity index is 487. The molecule has 1 aliphatic heterocycles. The molecular formula is C15H20FNO2. The van der Waals surface area contributed by atoms with E-state index >= 15 is 0 Å². The molecule has 1 heterocycles. The predicted octanol–water partition coefficient (Wildman–Crippen LogP) is 2.95. The smallest absolute Gasteiger partial charge is 0.161 e. The van der Waals surface area contributed by atoms with Crippen molar-refractivity contribution in [3.8, 4) is 0 Å². The summed E-state index contributed by atoms with van der Waals surface area (Å²) in [6.45, 7) is 4.83. The van der Waals surface area contributed by atoms with E-state index in [0.717, 1.165) is 31.6 Å². The minimum atomic E-state index is -0.325. The van der Waals surface area contributed by atoms with Crippen molar-refractivity contribution < 1.29 is 13.9 Å². The quantitative estimate of drug-likeness (QED) is 0.787. The fourth-order valence-corrected chi connectivity index (χ4v) is 2.56. The van der Waals surface area contributed by atoms with Crippen LogP contribution in [0.25, 0.3) is 0 Å². The Hall–Kier alpha value is -1.42. The second-order valence-corrected chi connectivity index (χ2v) is 5.12. The van der Waals surface area contributed by atoms with E-state index in [1.54, 1.807) is 20.1 Å². The van der Waals surface area contributed by atoms with Crippen LogP contribution in [0, 0.1) is 12.7 Å². The van der Waals surface area contributed by atoms with Gasteiger partial charge in [-0.25, -0.2) is 4.39 Å². The largest absolute Gasteiger partial charge is 0.380 e. The summed E-state index contributed by atoms with van der Waals surface area (Å²) in [5.74, 6) is -0.428. The van der Waals surface area contributed by atoms with Gasteiger partial charge in [0.2, 0.25) is 0 Å². The minimum Gasteiger partial charge on any atom is -0.380 e. The molecule has 0 saturated carbocycles. The normalized spacial score (nSPS) is 19.6. The Balaban J connectivity index is 2.37. The standard InChI is InChI=1S/C15H20FNO2/c1-10-7-15(13(11(2)18)8-14(10)16)17-6-4-5-12(9-17)19-3/h7-8,12H,4-6,9H2,1-3H3. The zero-order chi connectivity index (χ0) is 14.0. The van der Waals surface area contributed by atoms with E-state index < -0.39 is 0 Å². The number of methoxy groups -OCH3 is 1. The lowest BCUT2D eigenvalue weighted by molar-refractivity contribution is 0.0890. The molecule has 1 fully saturated rings. The van der Waals surface area contributed by atoms with Crippen molar-refractivity contribution in [2.24, 2.45) is 0 Å². The zero-order valence-corrected chi connectivity index (χ0v) is 11.7. The molecule has 1 aromatic carbocycles. The molecule has 19 heavy (non-hydrogen) atoms. The first-order valence-corrected chi connectivity index (χ1v) is 6.61. The van der Waals surface area contributed by atoms with E-state index in [4.69, 9.17) is 4.74 Å². The molecule has 1 aromatic rings. The number of rotatable bonds is 3. The Morgan fingerprint density at radius 2 is 2.21 bits per heavy atom. The number of ether oxygens (including phenoxy) is 1. The number of piperidine rings is 1. The van der Waals surface area contributed by atoms with Gasteiger partial charge in [0, 0.05) is 31.5 Å². The van der Waals surface area contributed by atoms with Crippen LogP contribution in [0.15, 0.2) is 12.1 Å². The maximum atomic E-state index is 13.6. The average molecular weight is 265 g/mol. The highest BCUT2D eigenvalue weighted by Gasteiger charge is 2.23. The summed E-state index contributed by atoms with van der Waals surface area (Å²) in [5.41, 5.74) is 1.85. The van der Waals surface area contributed by atoms with Crippen molar-refractivity contribution in [2.45, 2.75) is 32.8 Å². The van der Waals surface area contributed by atoms with E-state index in [2.05, 4.69) is 4.90 Å². The van der Waals surface area contributed by atoms with Gasteiger partial charge >= 0.3 is 0 Å². The highest BCUT2D eigenvalue weighted by molar-refractivity contribution is 6.00. The lowest BCUT2D eigenvalue weighted by Gasteiger charge is -2.34. The third kappa shape index (κ3) is 2.95. The van der Waals surface area contributed by atoms with Gasteiger partial charge in [0.15, 0.2) is 5.78 Å². The number of aryl methyl sites for hydroxylation is 1. The minimum absolute atomic E-state index is 0.103. The maximum absolute atomic E-state index is 13.6. The van der Waals surface area contributed by atoms with Crippen LogP contribution >= 0.6 is 0 Å². The molecule has 0 aromatic heterocycles. The molecule has 0 radical (unpaired) electrons. The van der Waals surface area contributed by atoms with Gasteiger partial charge < -0.3 is 9.64 Å². The molecule has 0 aliphatic carbocycles. The van der Waals surface area contributed by atoms with Crippen molar-refractivity contribution >= 4 is 11.5 Å². The molecular weight excluding hydrogens is 245 g/mol. The van der Waals surface area contributed by atoms with Gasteiger partial charge in [-0.05, 0) is 44.4 Å². The molecule has 1 saturated heterocycles. The van der Waals surface area contributed by atoms with Crippen LogP contribution in [-0.4, -0.2) is 32.1 Å². The van der Waals surface area contributed by atoms with Gasteiger partial charge in [0.25, 0.3) is 0 Å². The Morgan fingerprint density at radius 1 is 1.47 bits per heavy atom. The third-order valence-corrected chi connectivity index (χ3v) is 3.71. The number of halogens is 1. The summed E-state index contributed by atoms with van der Waals surface area (Å²) < 4.78 is 19.0. The predicted molar refractivity (Wildman–Crippen MR) is 73.4 cm³/mol. The highest BCUT2D eigenvalue weighted by Crippen LogP contribution is 2.28. The van der Waals surface area contributed by atoms with Gasteiger partial charge in [-0.1, -0.05) is 0 Å². The molecule has 1 unspecified atom stereocenters. The monoisotopic (exact) mass is 265 g/mol. The number of carbonyl (C=O) groups is 1. The summed E-state index contributed by atoms with van der Waals surface area (Å²) in [7, 11) is 1.70. The van der Waals surface area contributed by atoms with Crippen LogP contribution < -0.4 is 4.90 Å². The molecule has 0 bridgehead atoms. The summed E-state index contributed by atoms with van der Waals surface area (Å²) in [5, 5.41) is 0. The summed E-state index contributed by atoms with van der Waals surface area (Å²) in [6, 6.07) is 3.12. The summed E-state index contributed by atoms with van der Waals surface area (Å²) in [6.07, 6.45) is 2.23. The summed E-state index contributed by atoms with van der Waals surface area (Å²) >= 11 is 0. The number of nitrogens with zero attached hydrogens (tertiary/aromatic N) is 1. The highest BCUT2D eigenvalue weighted by atomic mass is 19.1. The van der Waals surface area contributed by atoms with Gasteiger partial charge in [0.1, 0.15) is 5.82 Å². The van der Waals surface area contributed by atoms with Crippen LogP contribution in [0.3, 0.4) is 0 Å². The van der Waals surface area contributed by atoms with Crippen molar-refractivity contribution in [3.05, 3.63) is 29.1 Å². The maximum Gasteiger partial charge on any atom is 0.161 e. The van der Waals surface area contributed by atoms with Crippen molar-refractivity contribution in [2.75, 3.05) is 25.1 Å². The van der Waals surface area contributed by atoms with Gasteiger partial charge in [-0.3, -0.25) is 4.79 Å². The van der Waals surface area contributed by atoms with E-state index in [1.165, 1.54) is 13.0 Å². The number of hydrogen-bond acceptors (Lipinski definition) is 3. The second-order valence-electron chi connectivity index (χ2n) is 5.12. The molecule has 0 amide bonds. The third-order valence-electron chi connectivity index (χ3n) is 3.71. The molecule has 104 valence electrons. The number of benzene rings is 1. The first-order chi connectivity index (χ1) is 9.02. The lowest BCUT2D eigenvalue weighted by Crippen LogP contribution is -2.40. The fourth-order valence-electron chi connectivity index (χ4n) is 2.56. The van der Waals surface area contributed by atoms with Crippen molar-refractivity contribution in [1.82, 2.24) is 0 Å². The Labute approximate surface area is 113 Å². The Morgan fingerprint density at radius 3 is 2.84 bits per heavy atom. The molecule has 4 heteroatoms. The Kier molecular flexibility index (Phi) is 4.20. The molecule has 2 rings (SSSR count). The first-order valence-electron chi connectivity index (χ1n) is 6.61. The van der Waals surface area contributed by atoms with Crippen molar-refractivity contribution in [1.29, 1.82) is 0 Å². The van der Waals surface area contributed by atoms with Gasteiger partial charge in [-0.15, -0.1) is 0 Å². The van der Waals surface area contributed by atoms with Gasteiger partial charge in [-0.2, -0.15) is 0 Å². The second kappa shape index (κ2) is 5.70. The van der Waals surface area contributed by atoms with E-state index in [9.17, 15) is 9.18 Å². The molecule has 3 nitrogen and oxygen atoms in total. The average Bonchev–Trinajstić information content (AvgIpc) is 2.41. The number of carbonyl (C=O) groups excluding carboxylic acids is 1. The fraction of sp³-hybridized carbons (Fsp3) is 0.533. The SMILES string of the molecule is COC1CCCN(c2cc(C)c(F)cc2C(C)=O)C1. The van der Waals surface area contributed by atoms with Gasteiger partial charge in [0.05, 0.1) is 6.10 Å². The van der Waals surface area contributed by atoms with Crippen LogP contribution in [0.2, 0.25) is 0 Å². The first kappa shape index (κ1) is 14.0. The zero-order valence-electron chi connectivity index (χ0n) is 11.7. The molecule has 1 atom stereocenters. The van der Waals surface area contributed by atoms with Crippen LogP contribution in [0.4, 0.5) is 10.1 Å². The summed E-state index contributed by atoms with van der Waals surface area (Å²) in [4.78, 5) is 13.8.